The van der Waals surface area contributed by atoms with Crippen LogP contribution in [0.4, 0.5) is 11.4 Å². The summed E-state index contributed by atoms with van der Waals surface area (Å²) in [5, 5.41) is 14.3. The highest BCUT2D eigenvalue weighted by molar-refractivity contribution is 6.09. The maximum Gasteiger partial charge on any atom is 0.312 e. The largest absolute Gasteiger partial charge is 0.496 e. The molecular formula is C26H30N2O5. The van der Waals surface area contributed by atoms with Crippen LogP contribution in [-0.4, -0.2) is 25.1 Å². The lowest BCUT2D eigenvalue weighted by Gasteiger charge is -2.57. The normalized spacial score (nSPS) is 27.3. The Balaban J connectivity index is 1.44. The zero-order chi connectivity index (χ0) is 23.3. The minimum atomic E-state index is -0.569. The topological polar surface area (TPSA) is 90.7 Å². The highest BCUT2D eigenvalue weighted by Crippen LogP contribution is 2.60. The van der Waals surface area contributed by atoms with E-state index in [2.05, 4.69) is 17.4 Å². The average Bonchev–Trinajstić information content (AvgIpc) is 2.78. The monoisotopic (exact) mass is 450 g/mol. The van der Waals surface area contributed by atoms with Gasteiger partial charge >= 0.3 is 5.69 Å². The number of methoxy groups -OCH3 is 2. The lowest BCUT2D eigenvalue weighted by molar-refractivity contribution is -0.385. The van der Waals surface area contributed by atoms with Crippen LogP contribution in [0.15, 0.2) is 30.3 Å². The van der Waals surface area contributed by atoms with Gasteiger partial charge in [-0.05, 0) is 91.9 Å². The fraction of sp³-hybridized carbons (Fsp3) is 0.500. The number of nitro groups is 1. The summed E-state index contributed by atoms with van der Waals surface area (Å²) >= 11 is 0. The van der Waals surface area contributed by atoms with E-state index in [1.54, 1.807) is 0 Å². The van der Waals surface area contributed by atoms with E-state index in [4.69, 9.17) is 9.47 Å². The summed E-state index contributed by atoms with van der Waals surface area (Å²) in [5.74, 6) is 2.20. The van der Waals surface area contributed by atoms with Crippen molar-refractivity contribution in [3.63, 3.8) is 0 Å². The van der Waals surface area contributed by atoms with Gasteiger partial charge in [0.15, 0.2) is 0 Å². The summed E-state index contributed by atoms with van der Waals surface area (Å²) in [6.07, 6.45) is 8.06. The molecule has 7 heteroatoms. The van der Waals surface area contributed by atoms with E-state index >= 15 is 0 Å². The molecule has 4 aliphatic carbocycles. The molecule has 0 unspecified atom stereocenters. The Morgan fingerprint density at radius 3 is 2.18 bits per heavy atom. The van der Waals surface area contributed by atoms with Crippen molar-refractivity contribution in [3.8, 4) is 11.5 Å². The average molecular weight is 451 g/mol. The van der Waals surface area contributed by atoms with Crippen LogP contribution in [0.2, 0.25) is 0 Å². The molecule has 2 aromatic carbocycles. The second-order valence-corrected chi connectivity index (χ2v) is 10.1. The number of carbonyl (C=O) groups is 1. The van der Waals surface area contributed by atoms with E-state index in [9.17, 15) is 14.9 Å². The molecule has 33 heavy (non-hydrogen) atoms. The Labute approximate surface area is 193 Å². The fourth-order valence-electron chi connectivity index (χ4n) is 7.07. The third-order valence-electron chi connectivity index (χ3n) is 8.07. The summed E-state index contributed by atoms with van der Waals surface area (Å²) in [7, 11) is 2.73. The first-order chi connectivity index (χ1) is 15.8. The SMILES string of the molecule is COc1ccc([N+](=O)[O-])c(OC)c1C(=O)Nc1ccc(C23CC4CC(CC(C4)C2)C3)cc1C. The van der Waals surface area contributed by atoms with Crippen LogP contribution in [0.3, 0.4) is 0 Å². The van der Waals surface area contributed by atoms with Gasteiger partial charge < -0.3 is 14.8 Å². The number of hydrogen-bond acceptors (Lipinski definition) is 5. The van der Waals surface area contributed by atoms with E-state index in [1.807, 2.05) is 13.0 Å². The molecule has 4 aliphatic rings. The van der Waals surface area contributed by atoms with Crippen LogP contribution in [0.1, 0.15) is 60.0 Å². The fourth-order valence-corrected chi connectivity index (χ4v) is 7.07. The summed E-state index contributed by atoms with van der Waals surface area (Å²) in [6, 6.07) is 9.05. The number of benzene rings is 2. The molecule has 2 aromatic rings. The molecule has 0 spiro atoms. The van der Waals surface area contributed by atoms with Gasteiger partial charge in [0.25, 0.3) is 5.91 Å². The summed E-state index contributed by atoms with van der Waals surface area (Å²) in [4.78, 5) is 24.1. The Bertz CT molecular complexity index is 1090. The molecule has 0 aromatic heterocycles. The standard InChI is InChI=1S/C26H30N2O5/c1-15-8-19(26-12-16-9-17(13-26)11-18(10-16)14-26)4-5-20(15)27-25(29)23-22(32-2)7-6-21(28(30)31)24(23)33-3/h4-8,16-18H,9-14H2,1-3H3,(H,27,29). The van der Waals surface area contributed by atoms with Crippen LogP contribution in [-0.2, 0) is 5.41 Å². The van der Waals surface area contributed by atoms with Gasteiger partial charge in [0.2, 0.25) is 5.75 Å². The quantitative estimate of drug-likeness (QED) is 0.454. The smallest absolute Gasteiger partial charge is 0.312 e. The first kappa shape index (κ1) is 21.7. The van der Waals surface area contributed by atoms with Gasteiger partial charge in [-0.3, -0.25) is 14.9 Å². The number of aryl methyl sites for hydroxylation is 1. The molecule has 0 radical (unpaired) electrons. The van der Waals surface area contributed by atoms with Gasteiger partial charge in [0, 0.05) is 11.8 Å². The van der Waals surface area contributed by atoms with Crippen LogP contribution >= 0.6 is 0 Å². The molecule has 0 aliphatic heterocycles. The van der Waals surface area contributed by atoms with Gasteiger partial charge in [-0.25, -0.2) is 0 Å². The van der Waals surface area contributed by atoms with Crippen molar-refractivity contribution in [1.82, 2.24) is 0 Å². The Kier molecular flexibility index (Phi) is 5.30. The maximum atomic E-state index is 13.2. The van der Waals surface area contributed by atoms with E-state index in [1.165, 1.54) is 70.4 Å². The van der Waals surface area contributed by atoms with E-state index in [0.29, 0.717) is 5.69 Å². The first-order valence-electron chi connectivity index (χ1n) is 11.7. The van der Waals surface area contributed by atoms with Crippen molar-refractivity contribution >= 4 is 17.3 Å². The summed E-state index contributed by atoms with van der Waals surface area (Å²) in [6.45, 7) is 2.00. The molecule has 174 valence electrons. The second-order valence-electron chi connectivity index (χ2n) is 10.1. The minimum Gasteiger partial charge on any atom is -0.496 e. The maximum absolute atomic E-state index is 13.2. The highest BCUT2D eigenvalue weighted by Gasteiger charge is 2.51. The molecule has 0 heterocycles. The van der Waals surface area contributed by atoms with Crippen molar-refractivity contribution < 1.29 is 19.2 Å². The van der Waals surface area contributed by atoms with E-state index < -0.39 is 10.8 Å². The number of anilines is 1. The number of rotatable bonds is 6. The van der Waals surface area contributed by atoms with E-state index in [0.717, 1.165) is 23.3 Å². The van der Waals surface area contributed by atoms with Gasteiger partial charge in [0.05, 0.1) is 19.1 Å². The number of hydrogen-bond donors (Lipinski definition) is 1. The molecule has 1 amide bonds. The number of nitro benzene ring substituents is 1. The van der Waals surface area contributed by atoms with E-state index in [-0.39, 0.29) is 28.2 Å². The van der Waals surface area contributed by atoms with Gasteiger partial charge in [-0.1, -0.05) is 12.1 Å². The Morgan fingerprint density at radius 2 is 1.67 bits per heavy atom. The molecule has 0 saturated heterocycles. The zero-order valence-electron chi connectivity index (χ0n) is 19.3. The third-order valence-corrected chi connectivity index (χ3v) is 8.07. The van der Waals surface area contributed by atoms with Crippen molar-refractivity contribution in [2.75, 3.05) is 19.5 Å². The van der Waals surface area contributed by atoms with Crippen LogP contribution < -0.4 is 14.8 Å². The van der Waals surface area contributed by atoms with Crippen LogP contribution in [0.25, 0.3) is 0 Å². The number of ether oxygens (including phenoxy) is 2. The van der Waals surface area contributed by atoms with Crippen molar-refractivity contribution in [1.29, 1.82) is 0 Å². The molecular weight excluding hydrogens is 420 g/mol. The Hall–Kier alpha value is -3.09. The lowest BCUT2D eigenvalue weighted by atomic mass is 9.48. The van der Waals surface area contributed by atoms with Crippen molar-refractivity contribution in [2.45, 2.75) is 50.9 Å². The molecule has 1 N–H and O–H groups in total. The zero-order valence-corrected chi connectivity index (χ0v) is 19.3. The highest BCUT2D eigenvalue weighted by atomic mass is 16.6. The summed E-state index contributed by atoms with van der Waals surface area (Å²) < 4.78 is 10.5. The number of amides is 1. The van der Waals surface area contributed by atoms with Gasteiger partial charge in [-0.2, -0.15) is 0 Å². The third kappa shape index (κ3) is 3.63. The number of nitrogens with one attached hydrogen (secondary N) is 1. The molecule has 0 atom stereocenters. The lowest BCUT2D eigenvalue weighted by Crippen LogP contribution is -2.48. The van der Waals surface area contributed by atoms with Crippen LogP contribution in [0, 0.1) is 34.8 Å². The van der Waals surface area contributed by atoms with Gasteiger partial charge in [0.1, 0.15) is 11.3 Å². The molecule has 4 bridgehead atoms. The first-order valence-corrected chi connectivity index (χ1v) is 11.7. The van der Waals surface area contributed by atoms with Crippen molar-refractivity contribution in [3.05, 3.63) is 57.1 Å². The minimum absolute atomic E-state index is 0.0127. The predicted molar refractivity (Wildman–Crippen MR) is 125 cm³/mol. The number of nitrogens with zero attached hydrogens (tertiary/aromatic N) is 1. The molecule has 6 rings (SSSR count). The van der Waals surface area contributed by atoms with Crippen LogP contribution in [0.5, 0.6) is 11.5 Å². The predicted octanol–water partition coefficient (Wildman–Crippen LogP) is 5.64. The Morgan fingerprint density at radius 1 is 1.03 bits per heavy atom. The summed E-state index contributed by atoms with van der Waals surface area (Å²) in [5.41, 5.74) is 3.08. The number of carbonyl (C=O) groups excluding carboxylic acids is 1. The van der Waals surface area contributed by atoms with Gasteiger partial charge in [-0.15, -0.1) is 0 Å². The molecule has 4 saturated carbocycles. The second kappa shape index (κ2) is 8.04. The van der Waals surface area contributed by atoms with Crippen molar-refractivity contribution in [2.24, 2.45) is 17.8 Å². The molecule has 4 fully saturated rings. The molecule has 7 nitrogen and oxygen atoms in total.